The summed E-state index contributed by atoms with van der Waals surface area (Å²) in [5, 5.41) is 3.40. The number of nitrogens with zero attached hydrogens (tertiary/aromatic N) is 3. The standard InChI is InChI=1S/C11H17N5/c1-2-3-5-12-6-4-9-10-11(15-7-13-9)16-8-14-10/h7-8,12H,2-6H2,1H3,(H,13,14,15,16). The summed E-state index contributed by atoms with van der Waals surface area (Å²) in [5.74, 6) is 0. The Hall–Kier alpha value is -1.49. The fraction of sp³-hybridized carbons (Fsp3) is 0.545. The highest BCUT2D eigenvalue weighted by Crippen LogP contribution is 2.08. The minimum absolute atomic E-state index is 0.749. The summed E-state index contributed by atoms with van der Waals surface area (Å²) in [7, 11) is 0. The van der Waals surface area contributed by atoms with Crippen molar-refractivity contribution in [2.75, 3.05) is 13.1 Å². The lowest BCUT2D eigenvalue weighted by Gasteiger charge is -2.03. The first-order chi connectivity index (χ1) is 7.92. The first-order valence-corrected chi connectivity index (χ1v) is 5.75. The van der Waals surface area contributed by atoms with Gasteiger partial charge in [-0.25, -0.2) is 15.0 Å². The van der Waals surface area contributed by atoms with Crippen LogP contribution < -0.4 is 5.32 Å². The summed E-state index contributed by atoms with van der Waals surface area (Å²) in [6.45, 7) is 4.22. The highest BCUT2D eigenvalue weighted by Gasteiger charge is 2.04. The largest absolute Gasteiger partial charge is 0.342 e. The van der Waals surface area contributed by atoms with E-state index in [-0.39, 0.29) is 0 Å². The predicted octanol–water partition coefficient (Wildman–Crippen LogP) is 1.29. The van der Waals surface area contributed by atoms with Crippen molar-refractivity contribution >= 4 is 11.2 Å². The maximum atomic E-state index is 4.27. The van der Waals surface area contributed by atoms with Crippen LogP contribution in [-0.4, -0.2) is 33.0 Å². The topological polar surface area (TPSA) is 66.5 Å². The van der Waals surface area contributed by atoms with Gasteiger partial charge in [0.25, 0.3) is 0 Å². The lowest BCUT2D eigenvalue weighted by Crippen LogP contribution is -2.18. The third-order valence-corrected chi connectivity index (χ3v) is 2.55. The molecule has 0 amide bonds. The molecule has 2 aromatic rings. The minimum atomic E-state index is 0.749. The SMILES string of the molecule is CCCCNCCc1ncnc2nc[nH]c12. The van der Waals surface area contributed by atoms with Gasteiger partial charge in [0.05, 0.1) is 12.0 Å². The molecule has 2 N–H and O–H groups in total. The Kier molecular flexibility index (Phi) is 3.82. The molecule has 0 unspecified atom stereocenters. The molecule has 16 heavy (non-hydrogen) atoms. The number of imidazole rings is 1. The molecule has 0 saturated heterocycles. The Balaban J connectivity index is 1.91. The van der Waals surface area contributed by atoms with Crippen LogP contribution in [0, 0.1) is 0 Å². The van der Waals surface area contributed by atoms with Crippen molar-refractivity contribution in [3.8, 4) is 0 Å². The molecule has 0 aromatic carbocycles. The zero-order valence-electron chi connectivity index (χ0n) is 9.53. The molecule has 5 heteroatoms. The van der Waals surface area contributed by atoms with Gasteiger partial charge in [-0.1, -0.05) is 13.3 Å². The number of aromatic nitrogens is 4. The molecule has 2 rings (SSSR count). The van der Waals surface area contributed by atoms with Crippen molar-refractivity contribution < 1.29 is 0 Å². The number of unbranched alkanes of at least 4 members (excludes halogenated alkanes) is 1. The lowest BCUT2D eigenvalue weighted by atomic mass is 10.2. The Bertz CT molecular complexity index is 437. The summed E-state index contributed by atoms with van der Waals surface area (Å²) in [6, 6.07) is 0. The van der Waals surface area contributed by atoms with Crippen LogP contribution in [0.1, 0.15) is 25.5 Å². The molecule has 0 bridgehead atoms. The highest BCUT2D eigenvalue weighted by molar-refractivity contribution is 5.71. The van der Waals surface area contributed by atoms with E-state index in [1.807, 2.05) is 0 Å². The second kappa shape index (κ2) is 5.55. The molecule has 0 aliphatic carbocycles. The molecule has 0 spiro atoms. The number of H-pyrrole nitrogens is 1. The second-order valence-electron chi connectivity index (χ2n) is 3.78. The van der Waals surface area contributed by atoms with Crippen molar-refractivity contribution in [2.24, 2.45) is 0 Å². The molecular formula is C11H17N5. The van der Waals surface area contributed by atoms with E-state index in [0.29, 0.717) is 0 Å². The van der Waals surface area contributed by atoms with Gasteiger partial charge in [0.2, 0.25) is 0 Å². The lowest BCUT2D eigenvalue weighted by molar-refractivity contribution is 0.637. The Labute approximate surface area is 94.7 Å². The number of fused-ring (bicyclic) bond motifs is 1. The molecule has 0 aliphatic heterocycles. The number of hydrogen-bond donors (Lipinski definition) is 2. The third-order valence-electron chi connectivity index (χ3n) is 2.55. The maximum Gasteiger partial charge on any atom is 0.180 e. The van der Waals surface area contributed by atoms with E-state index >= 15 is 0 Å². The smallest absolute Gasteiger partial charge is 0.180 e. The fourth-order valence-electron chi connectivity index (χ4n) is 1.64. The van der Waals surface area contributed by atoms with Crippen LogP contribution in [0.25, 0.3) is 11.2 Å². The summed E-state index contributed by atoms with van der Waals surface area (Å²) in [5.41, 5.74) is 2.74. The predicted molar refractivity (Wildman–Crippen MR) is 63.2 cm³/mol. The van der Waals surface area contributed by atoms with E-state index in [9.17, 15) is 0 Å². The molecule has 2 heterocycles. The van der Waals surface area contributed by atoms with Gasteiger partial charge < -0.3 is 10.3 Å². The average molecular weight is 219 g/mol. The molecule has 0 atom stereocenters. The van der Waals surface area contributed by atoms with Gasteiger partial charge in [-0.15, -0.1) is 0 Å². The van der Waals surface area contributed by atoms with E-state index in [0.717, 1.165) is 36.4 Å². The highest BCUT2D eigenvalue weighted by atomic mass is 15.0. The van der Waals surface area contributed by atoms with Gasteiger partial charge in [0.1, 0.15) is 11.8 Å². The molecule has 86 valence electrons. The first-order valence-electron chi connectivity index (χ1n) is 5.75. The summed E-state index contributed by atoms with van der Waals surface area (Å²) in [6.07, 6.45) is 6.59. The van der Waals surface area contributed by atoms with Crippen LogP contribution in [0.2, 0.25) is 0 Å². The zero-order chi connectivity index (χ0) is 11.2. The number of rotatable bonds is 6. The minimum Gasteiger partial charge on any atom is -0.342 e. The van der Waals surface area contributed by atoms with Crippen LogP contribution in [0.4, 0.5) is 0 Å². The van der Waals surface area contributed by atoms with E-state index in [2.05, 4.69) is 32.2 Å². The van der Waals surface area contributed by atoms with Crippen molar-refractivity contribution in [1.29, 1.82) is 0 Å². The first kappa shape index (κ1) is 11.0. The second-order valence-corrected chi connectivity index (χ2v) is 3.78. The van der Waals surface area contributed by atoms with Crippen molar-refractivity contribution in [1.82, 2.24) is 25.3 Å². The molecule has 0 saturated carbocycles. The van der Waals surface area contributed by atoms with Gasteiger partial charge in [-0.3, -0.25) is 0 Å². The van der Waals surface area contributed by atoms with E-state index < -0.39 is 0 Å². The van der Waals surface area contributed by atoms with E-state index in [1.165, 1.54) is 12.8 Å². The number of hydrogen-bond acceptors (Lipinski definition) is 4. The van der Waals surface area contributed by atoms with Crippen molar-refractivity contribution in [3.63, 3.8) is 0 Å². The van der Waals surface area contributed by atoms with Gasteiger partial charge in [-0.05, 0) is 13.0 Å². The van der Waals surface area contributed by atoms with Gasteiger partial charge in [-0.2, -0.15) is 0 Å². The van der Waals surface area contributed by atoms with Crippen LogP contribution in [-0.2, 0) is 6.42 Å². The van der Waals surface area contributed by atoms with Gasteiger partial charge in [0, 0.05) is 13.0 Å². The quantitative estimate of drug-likeness (QED) is 0.718. The molecular weight excluding hydrogens is 202 g/mol. The normalized spacial score (nSPS) is 11.1. The Morgan fingerprint density at radius 1 is 1.25 bits per heavy atom. The third kappa shape index (κ3) is 2.55. The Morgan fingerprint density at radius 3 is 3.06 bits per heavy atom. The zero-order valence-corrected chi connectivity index (χ0v) is 9.53. The number of nitrogens with one attached hydrogen (secondary N) is 2. The van der Waals surface area contributed by atoms with Crippen LogP contribution >= 0.6 is 0 Å². The van der Waals surface area contributed by atoms with Crippen LogP contribution in [0.15, 0.2) is 12.7 Å². The van der Waals surface area contributed by atoms with E-state index in [1.54, 1.807) is 12.7 Å². The monoisotopic (exact) mass is 219 g/mol. The summed E-state index contributed by atoms with van der Waals surface area (Å²) >= 11 is 0. The molecule has 5 nitrogen and oxygen atoms in total. The van der Waals surface area contributed by atoms with Crippen LogP contribution in [0.5, 0.6) is 0 Å². The van der Waals surface area contributed by atoms with Gasteiger partial charge in [0.15, 0.2) is 5.65 Å². The van der Waals surface area contributed by atoms with Gasteiger partial charge >= 0.3 is 0 Å². The summed E-state index contributed by atoms with van der Waals surface area (Å²) < 4.78 is 0. The molecule has 0 aliphatic rings. The average Bonchev–Trinajstić information content (AvgIpc) is 2.77. The van der Waals surface area contributed by atoms with Crippen molar-refractivity contribution in [3.05, 3.63) is 18.3 Å². The van der Waals surface area contributed by atoms with E-state index in [4.69, 9.17) is 0 Å². The molecule has 0 fully saturated rings. The molecule has 2 aromatic heterocycles. The fourth-order valence-corrected chi connectivity index (χ4v) is 1.64. The summed E-state index contributed by atoms with van der Waals surface area (Å²) in [4.78, 5) is 15.5. The maximum absolute atomic E-state index is 4.27. The molecule has 0 radical (unpaired) electrons. The van der Waals surface area contributed by atoms with Crippen LogP contribution in [0.3, 0.4) is 0 Å². The number of aromatic amines is 1. The van der Waals surface area contributed by atoms with Crippen molar-refractivity contribution in [2.45, 2.75) is 26.2 Å². The Morgan fingerprint density at radius 2 is 2.19 bits per heavy atom.